The Morgan fingerprint density at radius 1 is 1.71 bits per heavy atom. The number of aromatic nitrogens is 2. The lowest BCUT2D eigenvalue weighted by Gasteiger charge is -2.00. The Bertz CT molecular complexity index is 449. The van der Waals surface area contributed by atoms with Gasteiger partial charge in [-0.1, -0.05) is 11.6 Å². The molecule has 5 nitrogen and oxygen atoms in total. The molecule has 1 aromatic heterocycles. The molecular formula is C8H9ClN4O. The van der Waals surface area contributed by atoms with Crippen LogP contribution in [0.25, 0.3) is 0 Å². The Balaban J connectivity index is 3.33. The van der Waals surface area contributed by atoms with Crippen LogP contribution in [-0.2, 0) is 0 Å². The van der Waals surface area contributed by atoms with Gasteiger partial charge in [0.05, 0.1) is 11.9 Å². The first-order chi connectivity index (χ1) is 6.52. The SMILES string of the molecule is CC(=N)/N=C(/Cl)c1c(C)[nH]cnc1=O. The molecule has 0 radical (unpaired) electrons. The summed E-state index contributed by atoms with van der Waals surface area (Å²) in [6, 6.07) is 0. The Labute approximate surface area is 85.4 Å². The van der Waals surface area contributed by atoms with Crippen LogP contribution in [-0.4, -0.2) is 21.0 Å². The normalized spacial score (nSPS) is 11.5. The standard InChI is InChI=1S/C8H9ClN4O/c1-4-6(7(9)13-5(2)10)8(14)12-3-11-4/h3,10H,1-2H3,(H,11,12,14)/b10-5?,13-7+. The van der Waals surface area contributed by atoms with E-state index in [0.29, 0.717) is 5.69 Å². The first-order valence-electron chi connectivity index (χ1n) is 3.86. The summed E-state index contributed by atoms with van der Waals surface area (Å²) in [4.78, 5) is 21.2. The summed E-state index contributed by atoms with van der Waals surface area (Å²) in [6.07, 6.45) is 1.29. The number of H-pyrrole nitrogens is 1. The summed E-state index contributed by atoms with van der Waals surface area (Å²) in [6.45, 7) is 3.16. The molecule has 0 saturated heterocycles. The topological polar surface area (TPSA) is 82.0 Å². The first-order valence-corrected chi connectivity index (χ1v) is 4.24. The fourth-order valence-electron chi connectivity index (χ4n) is 0.931. The van der Waals surface area contributed by atoms with Crippen molar-refractivity contribution < 1.29 is 0 Å². The Hall–Kier alpha value is -1.49. The summed E-state index contributed by atoms with van der Waals surface area (Å²) >= 11 is 5.76. The van der Waals surface area contributed by atoms with E-state index in [9.17, 15) is 4.79 Å². The molecule has 0 saturated carbocycles. The quantitative estimate of drug-likeness (QED) is 0.539. The summed E-state index contributed by atoms with van der Waals surface area (Å²) in [5.41, 5.74) is 0.344. The summed E-state index contributed by atoms with van der Waals surface area (Å²) < 4.78 is 0. The van der Waals surface area contributed by atoms with Crippen LogP contribution in [0.2, 0.25) is 0 Å². The highest BCUT2D eigenvalue weighted by molar-refractivity contribution is 6.70. The predicted octanol–water partition coefficient (Wildman–Crippen LogP) is 1.06. The van der Waals surface area contributed by atoms with Gasteiger partial charge in [-0.15, -0.1) is 0 Å². The molecular weight excluding hydrogens is 204 g/mol. The maximum Gasteiger partial charge on any atom is 0.283 e. The van der Waals surface area contributed by atoms with E-state index >= 15 is 0 Å². The molecule has 0 aliphatic rings. The number of aromatic amines is 1. The third-order valence-corrected chi connectivity index (χ3v) is 1.80. The molecule has 0 aliphatic carbocycles. The molecule has 6 heteroatoms. The van der Waals surface area contributed by atoms with Crippen molar-refractivity contribution in [2.45, 2.75) is 13.8 Å². The van der Waals surface area contributed by atoms with Crippen molar-refractivity contribution >= 4 is 22.6 Å². The van der Waals surface area contributed by atoms with Crippen molar-refractivity contribution in [2.75, 3.05) is 0 Å². The molecule has 74 valence electrons. The van der Waals surface area contributed by atoms with Crippen molar-refractivity contribution in [1.82, 2.24) is 9.97 Å². The van der Waals surface area contributed by atoms with Crippen LogP contribution in [0.3, 0.4) is 0 Å². The lowest BCUT2D eigenvalue weighted by atomic mass is 10.2. The predicted molar refractivity (Wildman–Crippen MR) is 55.4 cm³/mol. The van der Waals surface area contributed by atoms with Crippen LogP contribution in [0.5, 0.6) is 0 Å². The Morgan fingerprint density at radius 3 is 2.86 bits per heavy atom. The summed E-state index contributed by atoms with van der Waals surface area (Å²) in [5.74, 6) is 0.0395. The van der Waals surface area contributed by atoms with Crippen molar-refractivity contribution in [3.05, 3.63) is 27.9 Å². The molecule has 1 aromatic rings. The van der Waals surface area contributed by atoms with Gasteiger partial charge in [-0.3, -0.25) is 10.2 Å². The monoisotopic (exact) mass is 212 g/mol. The van der Waals surface area contributed by atoms with E-state index in [-0.39, 0.29) is 16.6 Å². The molecule has 1 rings (SSSR count). The smallest absolute Gasteiger partial charge is 0.283 e. The second kappa shape index (κ2) is 4.15. The minimum absolute atomic E-state index is 0.00986. The van der Waals surface area contributed by atoms with E-state index in [2.05, 4.69) is 15.0 Å². The Kier molecular flexibility index (Phi) is 3.14. The van der Waals surface area contributed by atoms with E-state index in [0.717, 1.165) is 0 Å². The van der Waals surface area contributed by atoms with E-state index in [1.165, 1.54) is 13.3 Å². The number of aliphatic imine (C=N–C) groups is 1. The number of halogens is 1. The van der Waals surface area contributed by atoms with Gasteiger partial charge in [-0.05, 0) is 13.8 Å². The molecule has 0 atom stereocenters. The first kappa shape index (κ1) is 10.6. The molecule has 0 aliphatic heterocycles. The van der Waals surface area contributed by atoms with Gasteiger partial charge >= 0.3 is 0 Å². The highest BCUT2D eigenvalue weighted by atomic mass is 35.5. The van der Waals surface area contributed by atoms with Gasteiger partial charge in [0, 0.05) is 5.69 Å². The second-order valence-electron chi connectivity index (χ2n) is 2.70. The number of rotatable bonds is 1. The molecule has 1 heterocycles. The van der Waals surface area contributed by atoms with Crippen LogP contribution in [0.4, 0.5) is 0 Å². The average Bonchev–Trinajstić information content (AvgIpc) is 2.01. The number of aryl methyl sites for hydroxylation is 1. The van der Waals surface area contributed by atoms with Crippen LogP contribution in [0, 0.1) is 12.3 Å². The van der Waals surface area contributed by atoms with Gasteiger partial charge in [0.15, 0.2) is 0 Å². The summed E-state index contributed by atoms with van der Waals surface area (Å²) in [5, 5.41) is 7.10. The maximum atomic E-state index is 11.3. The van der Waals surface area contributed by atoms with Gasteiger partial charge in [0.2, 0.25) is 0 Å². The molecule has 0 amide bonds. The molecule has 14 heavy (non-hydrogen) atoms. The Morgan fingerprint density at radius 2 is 2.36 bits per heavy atom. The van der Waals surface area contributed by atoms with Crippen LogP contribution in [0.15, 0.2) is 16.1 Å². The van der Waals surface area contributed by atoms with E-state index in [4.69, 9.17) is 17.0 Å². The van der Waals surface area contributed by atoms with Gasteiger partial charge in [-0.2, -0.15) is 4.98 Å². The van der Waals surface area contributed by atoms with E-state index in [1.54, 1.807) is 6.92 Å². The zero-order valence-corrected chi connectivity index (χ0v) is 8.51. The minimum Gasteiger partial charge on any atom is -0.349 e. The fourth-order valence-corrected chi connectivity index (χ4v) is 1.28. The lowest BCUT2D eigenvalue weighted by molar-refractivity contribution is 1.05. The number of amidine groups is 1. The number of nitrogens with one attached hydrogen (secondary N) is 2. The number of hydrogen-bond acceptors (Lipinski definition) is 3. The van der Waals surface area contributed by atoms with Gasteiger partial charge in [-0.25, -0.2) is 4.99 Å². The molecule has 0 bridgehead atoms. The number of hydrogen-bond donors (Lipinski definition) is 2. The van der Waals surface area contributed by atoms with Crippen molar-refractivity contribution in [3.8, 4) is 0 Å². The van der Waals surface area contributed by atoms with Crippen molar-refractivity contribution in [2.24, 2.45) is 4.99 Å². The lowest BCUT2D eigenvalue weighted by Crippen LogP contribution is -2.18. The van der Waals surface area contributed by atoms with E-state index in [1.807, 2.05) is 0 Å². The van der Waals surface area contributed by atoms with Crippen molar-refractivity contribution in [3.63, 3.8) is 0 Å². The zero-order valence-electron chi connectivity index (χ0n) is 7.76. The molecule has 0 unspecified atom stereocenters. The average molecular weight is 213 g/mol. The summed E-state index contributed by atoms with van der Waals surface area (Å²) in [7, 11) is 0. The van der Waals surface area contributed by atoms with Crippen LogP contribution >= 0.6 is 11.6 Å². The second-order valence-corrected chi connectivity index (χ2v) is 3.05. The highest BCUT2D eigenvalue weighted by Gasteiger charge is 2.09. The minimum atomic E-state index is -0.448. The molecule has 0 aromatic carbocycles. The highest BCUT2D eigenvalue weighted by Crippen LogP contribution is 2.03. The van der Waals surface area contributed by atoms with E-state index < -0.39 is 5.56 Å². The molecule has 2 N–H and O–H groups in total. The van der Waals surface area contributed by atoms with Gasteiger partial charge in [0.25, 0.3) is 5.56 Å². The van der Waals surface area contributed by atoms with Crippen LogP contribution in [0.1, 0.15) is 18.2 Å². The number of nitrogens with zero attached hydrogens (tertiary/aromatic N) is 2. The third-order valence-electron chi connectivity index (χ3n) is 1.52. The van der Waals surface area contributed by atoms with Crippen molar-refractivity contribution in [1.29, 1.82) is 5.41 Å². The third kappa shape index (κ3) is 2.26. The van der Waals surface area contributed by atoms with Gasteiger partial charge in [0.1, 0.15) is 11.0 Å². The molecule has 0 fully saturated rings. The molecule has 0 spiro atoms. The maximum absolute atomic E-state index is 11.3. The largest absolute Gasteiger partial charge is 0.349 e. The van der Waals surface area contributed by atoms with Gasteiger partial charge < -0.3 is 4.98 Å². The van der Waals surface area contributed by atoms with Crippen LogP contribution < -0.4 is 5.56 Å². The fraction of sp³-hybridized carbons (Fsp3) is 0.250. The zero-order chi connectivity index (χ0) is 10.7.